The summed E-state index contributed by atoms with van der Waals surface area (Å²) < 4.78 is 41.6. The van der Waals surface area contributed by atoms with Gasteiger partial charge < -0.3 is 10.0 Å². The lowest BCUT2D eigenvalue weighted by Crippen LogP contribution is -2.39. The average Bonchev–Trinajstić information content (AvgIpc) is 3.14. The molecular weight excluding hydrogens is 419 g/mol. The van der Waals surface area contributed by atoms with Crippen LogP contribution in [0.1, 0.15) is 60.0 Å². The number of carbonyl (C=O) groups excluding carboxylic acids is 1. The molecule has 170 valence electrons. The van der Waals surface area contributed by atoms with Crippen molar-refractivity contribution in [1.82, 2.24) is 4.90 Å². The summed E-state index contributed by atoms with van der Waals surface area (Å²) in [6.07, 6.45) is 1.49. The van der Waals surface area contributed by atoms with Gasteiger partial charge in [0.2, 0.25) is 5.91 Å². The highest BCUT2D eigenvalue weighted by atomic mass is 19.4. The number of amides is 1. The molecule has 4 nitrogen and oxygen atoms in total. The molecule has 1 heterocycles. The quantitative estimate of drug-likeness (QED) is 0.633. The number of rotatable bonds is 5. The van der Waals surface area contributed by atoms with Gasteiger partial charge in [-0.05, 0) is 60.6 Å². The van der Waals surface area contributed by atoms with Gasteiger partial charge in [-0.2, -0.15) is 13.2 Å². The molecule has 1 amide bonds. The first kappa shape index (κ1) is 22.4. The lowest BCUT2D eigenvalue weighted by atomic mass is 9.91. The third kappa shape index (κ3) is 4.66. The smallest absolute Gasteiger partial charge is 0.416 e. The molecule has 2 aromatic rings. The topological polar surface area (TPSA) is 57.6 Å². The Morgan fingerprint density at radius 1 is 0.969 bits per heavy atom. The summed E-state index contributed by atoms with van der Waals surface area (Å²) in [6.45, 7) is 0.628. The standard InChI is InChI=1S/C25H26F3NO3/c26-25(27,28)22-15-18(16-6-8-17(9-7-16)24(31)32)10-11-19(22)14-20-12-13-29(23(20)30)21-4-2-1-3-5-21/h6-11,15,20-21H,1-5,12-14H2,(H,31,32). The number of aromatic carboxylic acids is 1. The Morgan fingerprint density at radius 3 is 2.25 bits per heavy atom. The van der Waals surface area contributed by atoms with Crippen LogP contribution in [-0.4, -0.2) is 34.5 Å². The molecule has 7 heteroatoms. The molecule has 2 fully saturated rings. The van der Waals surface area contributed by atoms with Crippen LogP contribution in [0.15, 0.2) is 42.5 Å². The SMILES string of the molecule is O=C(O)c1ccc(-c2ccc(CC3CCN(C4CCCCC4)C3=O)c(C(F)(F)F)c2)cc1. The first-order valence-corrected chi connectivity index (χ1v) is 11.1. The number of hydrogen-bond donors (Lipinski definition) is 1. The molecular formula is C25H26F3NO3. The summed E-state index contributed by atoms with van der Waals surface area (Å²) >= 11 is 0. The van der Waals surface area contributed by atoms with Gasteiger partial charge in [0.25, 0.3) is 0 Å². The fourth-order valence-corrected chi connectivity index (χ4v) is 4.98. The van der Waals surface area contributed by atoms with E-state index in [1.165, 1.54) is 36.8 Å². The lowest BCUT2D eigenvalue weighted by Gasteiger charge is -2.31. The molecule has 4 rings (SSSR count). The molecule has 1 aliphatic heterocycles. The molecule has 1 aliphatic carbocycles. The fourth-order valence-electron chi connectivity index (χ4n) is 4.98. The van der Waals surface area contributed by atoms with Crippen molar-refractivity contribution in [3.8, 4) is 11.1 Å². The van der Waals surface area contributed by atoms with Gasteiger partial charge in [0.15, 0.2) is 0 Å². The van der Waals surface area contributed by atoms with Crippen molar-refractivity contribution in [2.24, 2.45) is 5.92 Å². The summed E-state index contributed by atoms with van der Waals surface area (Å²) in [5.41, 5.74) is 0.337. The Kier molecular flexibility index (Phi) is 6.26. The maximum atomic E-state index is 13.9. The highest BCUT2D eigenvalue weighted by Gasteiger charge is 2.39. The molecule has 2 aliphatic rings. The van der Waals surface area contributed by atoms with Gasteiger partial charge in [-0.3, -0.25) is 4.79 Å². The molecule has 1 N–H and O–H groups in total. The van der Waals surface area contributed by atoms with Crippen LogP contribution in [0.25, 0.3) is 11.1 Å². The number of nitrogens with zero attached hydrogens (tertiary/aromatic N) is 1. The second kappa shape index (κ2) is 8.96. The van der Waals surface area contributed by atoms with E-state index >= 15 is 0 Å². The van der Waals surface area contributed by atoms with Crippen LogP contribution >= 0.6 is 0 Å². The van der Waals surface area contributed by atoms with Gasteiger partial charge in [0.1, 0.15) is 0 Å². The van der Waals surface area contributed by atoms with E-state index in [1.54, 1.807) is 6.07 Å². The highest BCUT2D eigenvalue weighted by Crippen LogP contribution is 2.38. The van der Waals surface area contributed by atoms with Gasteiger partial charge in [0, 0.05) is 18.5 Å². The maximum absolute atomic E-state index is 13.9. The van der Waals surface area contributed by atoms with E-state index in [4.69, 9.17) is 5.11 Å². The van der Waals surface area contributed by atoms with Crippen LogP contribution in [0, 0.1) is 5.92 Å². The zero-order valence-corrected chi connectivity index (χ0v) is 17.7. The van der Waals surface area contributed by atoms with Crippen molar-refractivity contribution in [1.29, 1.82) is 0 Å². The zero-order chi connectivity index (χ0) is 22.9. The number of hydrogen-bond acceptors (Lipinski definition) is 2. The number of carboxylic acids is 1. The number of carbonyl (C=O) groups is 2. The third-order valence-corrected chi connectivity index (χ3v) is 6.71. The van der Waals surface area contributed by atoms with Crippen molar-refractivity contribution >= 4 is 11.9 Å². The number of likely N-dealkylation sites (tertiary alicyclic amines) is 1. The number of benzene rings is 2. The monoisotopic (exact) mass is 445 g/mol. The Balaban J connectivity index is 1.56. The van der Waals surface area contributed by atoms with Crippen molar-refractivity contribution in [3.05, 3.63) is 59.2 Å². The van der Waals surface area contributed by atoms with E-state index in [1.807, 2.05) is 4.90 Å². The molecule has 0 spiro atoms. The molecule has 0 bridgehead atoms. The number of carboxylic acid groups (broad SMARTS) is 1. The number of alkyl halides is 3. The van der Waals surface area contributed by atoms with Gasteiger partial charge in [-0.25, -0.2) is 4.79 Å². The molecule has 32 heavy (non-hydrogen) atoms. The van der Waals surface area contributed by atoms with Crippen molar-refractivity contribution in [3.63, 3.8) is 0 Å². The normalized spacial score (nSPS) is 20.0. The van der Waals surface area contributed by atoms with E-state index in [9.17, 15) is 22.8 Å². The highest BCUT2D eigenvalue weighted by molar-refractivity contribution is 5.88. The second-order valence-corrected chi connectivity index (χ2v) is 8.77. The fraction of sp³-hybridized carbons (Fsp3) is 0.440. The molecule has 1 unspecified atom stereocenters. The molecule has 0 aromatic heterocycles. The van der Waals surface area contributed by atoms with Gasteiger partial charge >= 0.3 is 12.1 Å². The summed E-state index contributed by atoms with van der Waals surface area (Å²) in [6, 6.07) is 10.1. The van der Waals surface area contributed by atoms with Crippen molar-refractivity contribution < 1.29 is 27.9 Å². The van der Waals surface area contributed by atoms with Crippen molar-refractivity contribution in [2.45, 2.75) is 57.2 Å². The Morgan fingerprint density at radius 2 is 1.62 bits per heavy atom. The van der Waals surface area contributed by atoms with Gasteiger partial charge in [0.05, 0.1) is 11.1 Å². The largest absolute Gasteiger partial charge is 0.478 e. The average molecular weight is 445 g/mol. The molecule has 0 radical (unpaired) electrons. The Labute approximate surface area is 185 Å². The van der Waals surface area contributed by atoms with E-state index in [-0.39, 0.29) is 29.5 Å². The van der Waals surface area contributed by atoms with Gasteiger partial charge in [-0.1, -0.05) is 43.5 Å². The Bertz CT molecular complexity index is 994. The van der Waals surface area contributed by atoms with Gasteiger partial charge in [-0.15, -0.1) is 0 Å². The summed E-state index contributed by atoms with van der Waals surface area (Å²) in [5, 5.41) is 9.01. The molecule has 2 aromatic carbocycles. The van der Waals surface area contributed by atoms with E-state index in [0.717, 1.165) is 31.7 Å². The molecule has 1 saturated heterocycles. The first-order chi connectivity index (χ1) is 15.2. The predicted octanol–water partition coefficient (Wildman–Crippen LogP) is 5.79. The minimum absolute atomic E-state index is 0.0154. The minimum Gasteiger partial charge on any atom is -0.478 e. The predicted molar refractivity (Wildman–Crippen MR) is 114 cm³/mol. The van der Waals surface area contributed by atoms with Crippen LogP contribution in [0.3, 0.4) is 0 Å². The summed E-state index contributed by atoms with van der Waals surface area (Å²) in [4.78, 5) is 25.9. The number of halogens is 3. The first-order valence-electron chi connectivity index (χ1n) is 11.1. The van der Waals surface area contributed by atoms with Crippen LogP contribution in [0.2, 0.25) is 0 Å². The van der Waals surface area contributed by atoms with E-state index in [2.05, 4.69) is 0 Å². The minimum atomic E-state index is -4.54. The Hall–Kier alpha value is -2.83. The molecule has 1 atom stereocenters. The van der Waals surface area contributed by atoms with E-state index in [0.29, 0.717) is 24.1 Å². The van der Waals surface area contributed by atoms with E-state index < -0.39 is 23.6 Å². The van der Waals surface area contributed by atoms with Crippen LogP contribution in [0.5, 0.6) is 0 Å². The van der Waals surface area contributed by atoms with Crippen LogP contribution < -0.4 is 0 Å². The summed E-state index contributed by atoms with van der Waals surface area (Å²) in [7, 11) is 0. The lowest BCUT2D eigenvalue weighted by molar-refractivity contribution is -0.139. The summed E-state index contributed by atoms with van der Waals surface area (Å²) in [5.74, 6) is -1.52. The second-order valence-electron chi connectivity index (χ2n) is 8.77. The van der Waals surface area contributed by atoms with Crippen LogP contribution in [0.4, 0.5) is 13.2 Å². The third-order valence-electron chi connectivity index (χ3n) is 6.71. The molecule has 1 saturated carbocycles. The maximum Gasteiger partial charge on any atom is 0.416 e. The zero-order valence-electron chi connectivity index (χ0n) is 17.7. The van der Waals surface area contributed by atoms with Crippen molar-refractivity contribution in [2.75, 3.05) is 6.54 Å². The van der Waals surface area contributed by atoms with Crippen LogP contribution in [-0.2, 0) is 17.4 Å².